The minimum Gasteiger partial charge on any atom is -0.327 e. The monoisotopic (exact) mass is 124 g/mol. The van der Waals surface area contributed by atoms with Gasteiger partial charge in [0.1, 0.15) is 0 Å². The minimum absolute atomic E-state index is 0.412. The molecule has 0 spiro atoms. The van der Waals surface area contributed by atoms with Crippen LogP contribution >= 0.6 is 0 Å². The molecule has 1 aliphatic heterocycles. The lowest BCUT2D eigenvalue weighted by Crippen LogP contribution is -2.28. The van der Waals surface area contributed by atoms with Crippen molar-refractivity contribution in [3.05, 3.63) is 11.6 Å². The molecular formula is C7H12N2. The summed E-state index contributed by atoms with van der Waals surface area (Å²) in [4.78, 5) is 0. The molecule has 0 aromatic heterocycles. The second-order valence-corrected chi connectivity index (χ2v) is 2.92. The molecule has 2 heteroatoms. The Morgan fingerprint density at radius 1 is 1.67 bits per heavy atom. The Kier molecular flexibility index (Phi) is 1.10. The van der Waals surface area contributed by atoms with Crippen LogP contribution < -0.4 is 11.1 Å². The third-order valence-corrected chi connectivity index (χ3v) is 2.34. The molecule has 1 heterocycles. The number of fused-ring (bicyclic) bond motifs is 1. The molecule has 1 fully saturated rings. The summed E-state index contributed by atoms with van der Waals surface area (Å²) in [6, 6.07) is 0.412. The van der Waals surface area contributed by atoms with E-state index in [4.69, 9.17) is 5.73 Å². The summed E-state index contributed by atoms with van der Waals surface area (Å²) in [6.07, 6.45) is 3.39. The number of nitrogens with one attached hydrogen (secondary N) is 1. The summed E-state index contributed by atoms with van der Waals surface area (Å²) >= 11 is 0. The van der Waals surface area contributed by atoms with E-state index in [0.29, 0.717) is 12.0 Å². The third-order valence-electron chi connectivity index (χ3n) is 2.34. The maximum atomic E-state index is 5.83. The summed E-state index contributed by atoms with van der Waals surface area (Å²) in [5, 5.41) is 3.31. The highest BCUT2D eigenvalue weighted by atomic mass is 14.9. The van der Waals surface area contributed by atoms with Gasteiger partial charge >= 0.3 is 0 Å². The van der Waals surface area contributed by atoms with E-state index in [9.17, 15) is 0 Å². The largest absolute Gasteiger partial charge is 0.327 e. The molecule has 0 amide bonds. The van der Waals surface area contributed by atoms with Crippen LogP contribution in [0.2, 0.25) is 0 Å². The lowest BCUT2D eigenvalue weighted by Gasteiger charge is -2.09. The van der Waals surface area contributed by atoms with Gasteiger partial charge in [0.2, 0.25) is 0 Å². The zero-order valence-corrected chi connectivity index (χ0v) is 5.43. The lowest BCUT2D eigenvalue weighted by molar-refractivity contribution is 0.539. The van der Waals surface area contributed by atoms with Crippen LogP contribution in [0.3, 0.4) is 0 Å². The highest BCUT2D eigenvalue weighted by Gasteiger charge is 2.29. The minimum atomic E-state index is 0.412. The quantitative estimate of drug-likeness (QED) is 0.441. The Bertz CT molecular complexity index is 151. The molecule has 3 N–H and O–H groups in total. The van der Waals surface area contributed by atoms with E-state index >= 15 is 0 Å². The topological polar surface area (TPSA) is 38.0 Å². The maximum absolute atomic E-state index is 5.83. The van der Waals surface area contributed by atoms with Gasteiger partial charge in [-0.15, -0.1) is 0 Å². The number of rotatable bonds is 0. The fraction of sp³-hybridized carbons (Fsp3) is 0.714. The molecule has 0 saturated carbocycles. The maximum Gasteiger partial charge on any atom is 0.0168 e. The van der Waals surface area contributed by atoms with Crippen molar-refractivity contribution >= 4 is 0 Å². The normalized spacial score (nSPS) is 40.8. The predicted octanol–water partition coefficient (Wildman–Crippen LogP) is -0.137. The van der Waals surface area contributed by atoms with Crippen LogP contribution in [0, 0.1) is 5.92 Å². The first-order valence-electron chi connectivity index (χ1n) is 3.53. The summed E-state index contributed by atoms with van der Waals surface area (Å²) in [6.45, 7) is 2.19. The SMILES string of the molecule is NC1CC=C2CNCC21. The van der Waals surface area contributed by atoms with Gasteiger partial charge in [-0.05, 0) is 6.42 Å². The van der Waals surface area contributed by atoms with Gasteiger partial charge in [0.05, 0.1) is 0 Å². The number of hydrogen-bond acceptors (Lipinski definition) is 2. The van der Waals surface area contributed by atoms with Crippen molar-refractivity contribution in [2.24, 2.45) is 11.7 Å². The van der Waals surface area contributed by atoms with Crippen molar-refractivity contribution in [2.75, 3.05) is 13.1 Å². The van der Waals surface area contributed by atoms with E-state index < -0.39 is 0 Å². The lowest BCUT2D eigenvalue weighted by atomic mass is 10.0. The van der Waals surface area contributed by atoms with Gasteiger partial charge in [0, 0.05) is 25.0 Å². The second-order valence-electron chi connectivity index (χ2n) is 2.92. The standard InChI is InChI=1S/C7H12N2/c8-7-2-1-5-3-9-4-6(5)7/h1,6-7,9H,2-4,8H2. The molecule has 0 radical (unpaired) electrons. The van der Waals surface area contributed by atoms with E-state index in [1.54, 1.807) is 5.57 Å². The summed E-state index contributed by atoms with van der Waals surface area (Å²) in [5.74, 6) is 0.671. The van der Waals surface area contributed by atoms with Crippen LogP contribution in [0.25, 0.3) is 0 Å². The average Bonchev–Trinajstić information content (AvgIpc) is 2.35. The number of nitrogens with two attached hydrogens (primary N) is 1. The summed E-state index contributed by atoms with van der Waals surface area (Å²) < 4.78 is 0. The molecule has 2 nitrogen and oxygen atoms in total. The fourth-order valence-corrected chi connectivity index (χ4v) is 1.74. The molecule has 2 rings (SSSR count). The Morgan fingerprint density at radius 2 is 2.56 bits per heavy atom. The van der Waals surface area contributed by atoms with Crippen molar-refractivity contribution in [2.45, 2.75) is 12.5 Å². The second kappa shape index (κ2) is 1.82. The first-order valence-corrected chi connectivity index (χ1v) is 3.53. The molecule has 1 saturated heterocycles. The van der Waals surface area contributed by atoms with Crippen LogP contribution in [-0.4, -0.2) is 19.1 Å². The highest BCUT2D eigenvalue weighted by Crippen LogP contribution is 2.26. The fourth-order valence-electron chi connectivity index (χ4n) is 1.74. The number of hydrogen-bond donors (Lipinski definition) is 2. The zero-order chi connectivity index (χ0) is 6.27. The predicted molar refractivity (Wildman–Crippen MR) is 37.0 cm³/mol. The molecule has 2 unspecified atom stereocenters. The Labute approximate surface area is 55.1 Å². The van der Waals surface area contributed by atoms with E-state index in [0.717, 1.165) is 19.5 Å². The van der Waals surface area contributed by atoms with Crippen molar-refractivity contribution in [1.29, 1.82) is 0 Å². The van der Waals surface area contributed by atoms with E-state index in [1.807, 2.05) is 0 Å². The summed E-state index contributed by atoms with van der Waals surface area (Å²) in [7, 11) is 0. The molecule has 0 aromatic rings. The van der Waals surface area contributed by atoms with Gasteiger partial charge in [-0.2, -0.15) is 0 Å². The highest BCUT2D eigenvalue weighted by molar-refractivity contribution is 5.22. The molecule has 9 heavy (non-hydrogen) atoms. The smallest absolute Gasteiger partial charge is 0.0168 e. The van der Waals surface area contributed by atoms with Crippen molar-refractivity contribution in [3.63, 3.8) is 0 Å². The van der Waals surface area contributed by atoms with Gasteiger partial charge in [-0.3, -0.25) is 0 Å². The summed E-state index contributed by atoms with van der Waals surface area (Å²) in [5.41, 5.74) is 7.37. The molecule has 50 valence electrons. The van der Waals surface area contributed by atoms with Crippen LogP contribution in [0.1, 0.15) is 6.42 Å². The Morgan fingerprint density at radius 3 is 3.33 bits per heavy atom. The Balaban J connectivity index is 2.19. The van der Waals surface area contributed by atoms with Crippen molar-refractivity contribution < 1.29 is 0 Å². The van der Waals surface area contributed by atoms with Crippen molar-refractivity contribution in [1.82, 2.24) is 5.32 Å². The first-order chi connectivity index (χ1) is 4.38. The van der Waals surface area contributed by atoms with Gasteiger partial charge in [-0.1, -0.05) is 11.6 Å². The third kappa shape index (κ3) is 0.705. The van der Waals surface area contributed by atoms with Gasteiger partial charge in [-0.25, -0.2) is 0 Å². The molecule has 0 aromatic carbocycles. The van der Waals surface area contributed by atoms with Crippen LogP contribution in [0.4, 0.5) is 0 Å². The first kappa shape index (κ1) is 5.45. The molecule has 2 aliphatic rings. The van der Waals surface area contributed by atoms with E-state index in [-0.39, 0.29) is 0 Å². The van der Waals surface area contributed by atoms with Crippen LogP contribution in [-0.2, 0) is 0 Å². The zero-order valence-electron chi connectivity index (χ0n) is 5.43. The van der Waals surface area contributed by atoms with Gasteiger partial charge < -0.3 is 11.1 Å². The molecule has 0 bridgehead atoms. The molecule has 1 aliphatic carbocycles. The van der Waals surface area contributed by atoms with E-state index in [2.05, 4.69) is 11.4 Å². The average molecular weight is 124 g/mol. The van der Waals surface area contributed by atoms with E-state index in [1.165, 1.54) is 0 Å². The van der Waals surface area contributed by atoms with Crippen LogP contribution in [0.5, 0.6) is 0 Å². The molecule has 2 atom stereocenters. The Hall–Kier alpha value is -0.340. The van der Waals surface area contributed by atoms with Crippen LogP contribution in [0.15, 0.2) is 11.6 Å². The van der Waals surface area contributed by atoms with Gasteiger partial charge in [0.25, 0.3) is 0 Å². The van der Waals surface area contributed by atoms with Crippen molar-refractivity contribution in [3.8, 4) is 0 Å². The molecular weight excluding hydrogens is 112 g/mol. The van der Waals surface area contributed by atoms with Gasteiger partial charge in [0.15, 0.2) is 0 Å².